The summed E-state index contributed by atoms with van der Waals surface area (Å²) in [5.41, 5.74) is 5.43. The largest absolute Gasteiger partial charge is 0.490 e. The van der Waals surface area contributed by atoms with Gasteiger partial charge in [-0.2, -0.15) is 5.10 Å². The molecule has 0 radical (unpaired) electrons. The lowest BCUT2D eigenvalue weighted by atomic mass is 10.1. The van der Waals surface area contributed by atoms with Crippen molar-refractivity contribution in [3.63, 3.8) is 0 Å². The monoisotopic (exact) mass is 239 g/mol. The van der Waals surface area contributed by atoms with E-state index in [1.807, 2.05) is 6.92 Å². The molecule has 1 aromatic rings. The lowest BCUT2D eigenvalue weighted by molar-refractivity contribution is 0.292. The molecule has 0 aliphatic rings. The summed E-state index contributed by atoms with van der Waals surface area (Å²) >= 11 is 0. The van der Waals surface area contributed by atoms with Crippen LogP contribution in [-0.2, 0) is 6.54 Å². The van der Waals surface area contributed by atoms with Crippen LogP contribution >= 0.6 is 0 Å². The fraction of sp³-hybridized carbons (Fsp3) is 0.667. The van der Waals surface area contributed by atoms with Crippen molar-refractivity contribution in [3.05, 3.63) is 22.6 Å². The van der Waals surface area contributed by atoms with E-state index in [-0.39, 0.29) is 11.6 Å². The third-order valence-electron chi connectivity index (χ3n) is 2.28. The molecule has 1 aromatic heterocycles. The maximum absolute atomic E-state index is 11.7. The van der Waals surface area contributed by atoms with Crippen LogP contribution in [0, 0.1) is 5.92 Å². The Morgan fingerprint density at radius 2 is 2.18 bits per heavy atom. The van der Waals surface area contributed by atoms with Crippen LogP contribution in [0.3, 0.4) is 0 Å². The minimum absolute atomic E-state index is 0.0571. The molecule has 5 nitrogen and oxygen atoms in total. The summed E-state index contributed by atoms with van der Waals surface area (Å²) in [6, 6.07) is 1.40. The van der Waals surface area contributed by atoms with Gasteiger partial charge in [0.05, 0.1) is 6.20 Å². The van der Waals surface area contributed by atoms with E-state index in [1.165, 1.54) is 10.7 Å². The van der Waals surface area contributed by atoms with Gasteiger partial charge in [0.25, 0.3) is 5.56 Å². The molecule has 0 bridgehead atoms. The fourth-order valence-electron chi connectivity index (χ4n) is 1.27. The molecule has 1 rings (SSSR count). The van der Waals surface area contributed by atoms with E-state index in [9.17, 15) is 4.79 Å². The van der Waals surface area contributed by atoms with Crippen LogP contribution in [0.25, 0.3) is 0 Å². The van der Waals surface area contributed by atoms with E-state index in [2.05, 4.69) is 18.9 Å². The lowest BCUT2D eigenvalue weighted by Gasteiger charge is -2.10. The summed E-state index contributed by atoms with van der Waals surface area (Å²) in [6.07, 6.45) is 2.50. The summed E-state index contributed by atoms with van der Waals surface area (Å²) in [5, 5.41) is 4.07. The maximum atomic E-state index is 11.7. The summed E-state index contributed by atoms with van der Waals surface area (Å²) < 4.78 is 6.79. The molecule has 0 aromatic carbocycles. The Morgan fingerprint density at radius 3 is 2.71 bits per heavy atom. The Hall–Kier alpha value is -1.36. The van der Waals surface area contributed by atoms with Gasteiger partial charge in [-0.1, -0.05) is 13.8 Å². The lowest BCUT2D eigenvalue weighted by Crippen LogP contribution is -2.26. The van der Waals surface area contributed by atoms with E-state index in [0.29, 0.717) is 24.8 Å². The molecule has 0 saturated carbocycles. The summed E-state index contributed by atoms with van der Waals surface area (Å²) in [7, 11) is 0. The molecule has 5 heteroatoms. The van der Waals surface area contributed by atoms with Crippen LogP contribution in [-0.4, -0.2) is 22.4 Å². The predicted octanol–water partition coefficient (Wildman–Crippen LogP) is 1.02. The molecule has 0 fully saturated rings. The first-order valence-corrected chi connectivity index (χ1v) is 5.94. The zero-order chi connectivity index (χ0) is 12.8. The molecular weight excluding hydrogens is 218 g/mol. The van der Waals surface area contributed by atoms with Gasteiger partial charge >= 0.3 is 0 Å². The predicted molar refractivity (Wildman–Crippen MR) is 67.1 cm³/mol. The quantitative estimate of drug-likeness (QED) is 0.804. The third kappa shape index (κ3) is 4.99. The van der Waals surface area contributed by atoms with E-state index < -0.39 is 0 Å². The van der Waals surface area contributed by atoms with Crippen LogP contribution in [0.1, 0.15) is 27.2 Å². The molecule has 96 valence electrons. The first-order chi connectivity index (χ1) is 7.99. The molecule has 17 heavy (non-hydrogen) atoms. The summed E-state index contributed by atoms with van der Waals surface area (Å²) in [6.45, 7) is 7.11. The molecular formula is C12H21N3O2. The Balaban J connectivity index is 2.63. The highest BCUT2D eigenvalue weighted by Crippen LogP contribution is 2.05. The van der Waals surface area contributed by atoms with Gasteiger partial charge in [0.2, 0.25) is 0 Å². The van der Waals surface area contributed by atoms with Crippen LogP contribution in [0.2, 0.25) is 0 Å². The van der Waals surface area contributed by atoms with Crippen LogP contribution < -0.4 is 16.0 Å². The first kappa shape index (κ1) is 13.7. The number of hydrogen-bond donors (Lipinski definition) is 1. The van der Waals surface area contributed by atoms with Crippen molar-refractivity contribution in [2.24, 2.45) is 11.7 Å². The summed E-state index contributed by atoms with van der Waals surface area (Å²) in [5.74, 6) is 1.03. The molecule has 0 aliphatic carbocycles. The van der Waals surface area contributed by atoms with Crippen LogP contribution in [0.4, 0.5) is 0 Å². The van der Waals surface area contributed by atoms with Crippen LogP contribution in [0.15, 0.2) is 17.1 Å². The number of nitrogens with zero attached hydrogens (tertiary/aromatic N) is 2. The van der Waals surface area contributed by atoms with E-state index in [0.717, 1.165) is 6.42 Å². The molecule has 0 saturated heterocycles. The Bertz CT molecular complexity index is 399. The maximum Gasteiger partial charge on any atom is 0.270 e. The van der Waals surface area contributed by atoms with Crippen LogP contribution in [0.5, 0.6) is 5.75 Å². The van der Waals surface area contributed by atoms with E-state index in [1.54, 1.807) is 6.20 Å². The van der Waals surface area contributed by atoms with Crippen molar-refractivity contribution in [3.8, 4) is 5.75 Å². The minimum Gasteiger partial charge on any atom is -0.490 e. The Labute approximate surface area is 102 Å². The van der Waals surface area contributed by atoms with Crippen molar-refractivity contribution >= 4 is 0 Å². The SMILES string of the molecule is CC(C)CCn1ncc(OCC(C)N)cc1=O. The molecule has 2 N–H and O–H groups in total. The van der Waals surface area contributed by atoms with E-state index in [4.69, 9.17) is 10.5 Å². The third-order valence-corrected chi connectivity index (χ3v) is 2.28. The second-order valence-electron chi connectivity index (χ2n) is 4.72. The normalized spacial score (nSPS) is 12.8. The van der Waals surface area contributed by atoms with Gasteiger partial charge in [0.1, 0.15) is 12.4 Å². The molecule has 0 aliphatic heterocycles. The smallest absolute Gasteiger partial charge is 0.270 e. The number of nitrogens with two attached hydrogens (primary N) is 1. The first-order valence-electron chi connectivity index (χ1n) is 5.94. The number of hydrogen-bond acceptors (Lipinski definition) is 4. The second-order valence-corrected chi connectivity index (χ2v) is 4.72. The van der Waals surface area contributed by atoms with E-state index >= 15 is 0 Å². The number of aryl methyl sites for hydroxylation is 1. The molecule has 0 spiro atoms. The van der Waals surface area contributed by atoms with Crippen molar-refractivity contribution in [2.45, 2.75) is 39.8 Å². The number of ether oxygens (including phenoxy) is 1. The highest BCUT2D eigenvalue weighted by molar-refractivity contribution is 5.13. The van der Waals surface area contributed by atoms with Gasteiger partial charge in [0.15, 0.2) is 0 Å². The van der Waals surface area contributed by atoms with Crippen molar-refractivity contribution in [1.29, 1.82) is 0 Å². The average molecular weight is 239 g/mol. The van der Waals surface area contributed by atoms with Gasteiger partial charge < -0.3 is 10.5 Å². The standard InChI is InChI=1S/C12H21N3O2/c1-9(2)4-5-15-12(16)6-11(7-14-15)17-8-10(3)13/h6-7,9-10H,4-5,8,13H2,1-3H3. The zero-order valence-corrected chi connectivity index (χ0v) is 10.7. The van der Waals surface area contributed by atoms with Gasteiger partial charge in [0, 0.05) is 18.7 Å². The second kappa shape index (κ2) is 6.39. The highest BCUT2D eigenvalue weighted by Gasteiger charge is 2.03. The zero-order valence-electron chi connectivity index (χ0n) is 10.7. The van der Waals surface area contributed by atoms with Crippen molar-refractivity contribution in [1.82, 2.24) is 9.78 Å². The Morgan fingerprint density at radius 1 is 1.47 bits per heavy atom. The number of aromatic nitrogens is 2. The molecule has 0 amide bonds. The fourth-order valence-corrected chi connectivity index (χ4v) is 1.27. The minimum atomic E-state index is -0.132. The van der Waals surface area contributed by atoms with Crippen molar-refractivity contribution in [2.75, 3.05) is 6.61 Å². The Kier molecular flexibility index (Phi) is 5.15. The topological polar surface area (TPSA) is 70.1 Å². The summed E-state index contributed by atoms with van der Waals surface area (Å²) in [4.78, 5) is 11.7. The van der Waals surface area contributed by atoms with Gasteiger partial charge in [-0.05, 0) is 19.3 Å². The van der Waals surface area contributed by atoms with Crippen molar-refractivity contribution < 1.29 is 4.74 Å². The van der Waals surface area contributed by atoms with Gasteiger partial charge in [-0.15, -0.1) is 0 Å². The highest BCUT2D eigenvalue weighted by atomic mass is 16.5. The van der Waals surface area contributed by atoms with Gasteiger partial charge in [-0.25, -0.2) is 4.68 Å². The molecule has 1 atom stereocenters. The average Bonchev–Trinajstić information content (AvgIpc) is 2.24. The van der Waals surface area contributed by atoms with Gasteiger partial charge in [-0.3, -0.25) is 4.79 Å². The molecule has 1 heterocycles. The molecule has 1 unspecified atom stereocenters. The number of rotatable bonds is 6.